The molecule has 3 rings (SSSR count). The molecule has 3 aromatic rings. The van der Waals surface area contributed by atoms with E-state index in [0.29, 0.717) is 16.3 Å². The van der Waals surface area contributed by atoms with Crippen molar-refractivity contribution in [1.82, 2.24) is 24.5 Å². The van der Waals surface area contributed by atoms with Crippen LogP contribution in [-0.4, -0.2) is 28.2 Å². The molecule has 0 unspecified atom stereocenters. The van der Waals surface area contributed by atoms with Crippen LogP contribution in [-0.2, 0) is 23.6 Å². The Kier molecular flexibility index (Phi) is 5.12. The number of nitrogens with zero attached hydrogens (tertiary/aromatic N) is 4. The second kappa shape index (κ2) is 7.21. The first-order chi connectivity index (χ1) is 12.7. The minimum absolute atomic E-state index is 0.0479. The van der Waals surface area contributed by atoms with Crippen molar-refractivity contribution in [2.24, 2.45) is 7.05 Å². The molecular formula is C19H23N5O2S. The van der Waals surface area contributed by atoms with Gasteiger partial charge in [0.15, 0.2) is 0 Å². The number of nitrogens with one attached hydrogen (secondary N) is 1. The highest BCUT2D eigenvalue weighted by Crippen LogP contribution is 2.26. The lowest BCUT2D eigenvalue weighted by molar-refractivity contribution is 0.579. The Balaban J connectivity index is 1.95. The molecule has 0 fully saturated rings. The van der Waals surface area contributed by atoms with Gasteiger partial charge in [0.1, 0.15) is 0 Å². The van der Waals surface area contributed by atoms with Crippen molar-refractivity contribution in [3.63, 3.8) is 0 Å². The maximum atomic E-state index is 13.0. The summed E-state index contributed by atoms with van der Waals surface area (Å²) in [6, 6.07) is 2.01. The summed E-state index contributed by atoms with van der Waals surface area (Å²) in [7, 11) is -1.88. The number of benzene rings is 1. The smallest absolute Gasteiger partial charge is 0.241 e. The summed E-state index contributed by atoms with van der Waals surface area (Å²) in [5.41, 5.74) is 5.38. The first-order valence-electron chi connectivity index (χ1n) is 8.56. The Morgan fingerprint density at radius 2 is 1.67 bits per heavy atom. The topological polar surface area (TPSA) is 89.8 Å². The lowest BCUT2D eigenvalue weighted by Crippen LogP contribution is -2.26. The van der Waals surface area contributed by atoms with E-state index in [2.05, 4.69) is 19.8 Å². The molecule has 1 aromatic carbocycles. The van der Waals surface area contributed by atoms with E-state index in [-0.39, 0.29) is 6.54 Å². The van der Waals surface area contributed by atoms with E-state index >= 15 is 0 Å². The van der Waals surface area contributed by atoms with Crippen LogP contribution in [0.25, 0.3) is 11.3 Å². The van der Waals surface area contributed by atoms with Gasteiger partial charge in [0.2, 0.25) is 10.0 Å². The second-order valence-electron chi connectivity index (χ2n) is 6.67. The second-order valence-corrected chi connectivity index (χ2v) is 8.37. The molecule has 0 aliphatic heterocycles. The minimum atomic E-state index is -3.70. The van der Waals surface area contributed by atoms with Crippen molar-refractivity contribution in [2.45, 2.75) is 39.1 Å². The maximum Gasteiger partial charge on any atom is 0.241 e. The van der Waals surface area contributed by atoms with Crippen LogP contribution in [0.2, 0.25) is 0 Å². The fourth-order valence-electron chi connectivity index (χ4n) is 3.10. The predicted octanol–water partition coefficient (Wildman–Crippen LogP) is 2.59. The third-order valence-corrected chi connectivity index (χ3v) is 6.42. The number of hydrogen-bond donors (Lipinski definition) is 1. The minimum Gasteiger partial charge on any atom is -0.275 e. The summed E-state index contributed by atoms with van der Waals surface area (Å²) in [4.78, 5) is 9.00. The Labute approximate surface area is 159 Å². The SMILES string of the molecule is Cc1cc(C)c(C)c(S(=O)(=O)NCc2nccnc2-c2cnn(C)c2)c1C. The van der Waals surface area contributed by atoms with E-state index < -0.39 is 10.0 Å². The van der Waals surface area contributed by atoms with Crippen molar-refractivity contribution in [2.75, 3.05) is 0 Å². The summed E-state index contributed by atoms with van der Waals surface area (Å²) in [6.45, 7) is 7.56. The first kappa shape index (κ1) is 19.2. The van der Waals surface area contributed by atoms with E-state index in [0.717, 1.165) is 27.8 Å². The van der Waals surface area contributed by atoms with Crippen molar-refractivity contribution in [3.8, 4) is 11.3 Å². The lowest BCUT2D eigenvalue weighted by atomic mass is 10.0. The average molecular weight is 385 g/mol. The normalized spacial score (nSPS) is 11.7. The Hall–Kier alpha value is -2.58. The van der Waals surface area contributed by atoms with Crippen molar-refractivity contribution in [1.29, 1.82) is 0 Å². The molecule has 0 atom stereocenters. The van der Waals surface area contributed by atoms with Gasteiger partial charge in [-0.05, 0) is 49.9 Å². The molecule has 2 heterocycles. The average Bonchev–Trinajstić information content (AvgIpc) is 3.05. The molecular weight excluding hydrogens is 362 g/mol. The van der Waals surface area contributed by atoms with Crippen LogP contribution >= 0.6 is 0 Å². The van der Waals surface area contributed by atoms with Gasteiger partial charge < -0.3 is 0 Å². The van der Waals surface area contributed by atoms with Gasteiger partial charge >= 0.3 is 0 Å². The maximum absolute atomic E-state index is 13.0. The number of aryl methyl sites for hydroxylation is 3. The molecule has 0 saturated carbocycles. The number of sulfonamides is 1. The standard InChI is InChI=1S/C19H23N5O2S/c1-12-8-13(2)15(4)19(14(12)3)27(25,26)23-10-17-18(21-7-6-20-17)16-9-22-24(5)11-16/h6-9,11,23H,10H2,1-5H3. The van der Waals surface area contributed by atoms with Crippen LogP contribution < -0.4 is 4.72 Å². The molecule has 0 amide bonds. The van der Waals surface area contributed by atoms with Gasteiger partial charge in [-0.3, -0.25) is 14.6 Å². The van der Waals surface area contributed by atoms with Crippen LogP contribution in [0.15, 0.2) is 35.7 Å². The predicted molar refractivity (Wildman–Crippen MR) is 104 cm³/mol. The number of hydrogen-bond acceptors (Lipinski definition) is 5. The van der Waals surface area contributed by atoms with E-state index in [9.17, 15) is 8.42 Å². The van der Waals surface area contributed by atoms with Gasteiger partial charge in [0.25, 0.3) is 0 Å². The number of rotatable bonds is 5. The summed E-state index contributed by atoms with van der Waals surface area (Å²) in [5.74, 6) is 0. The van der Waals surface area contributed by atoms with Gasteiger partial charge in [-0.2, -0.15) is 5.10 Å². The Bertz CT molecular complexity index is 1080. The van der Waals surface area contributed by atoms with Crippen LogP contribution in [0.3, 0.4) is 0 Å². The van der Waals surface area contributed by atoms with E-state index in [1.807, 2.05) is 47.0 Å². The molecule has 7 nitrogen and oxygen atoms in total. The summed E-state index contributed by atoms with van der Waals surface area (Å²) in [6.07, 6.45) is 6.63. The van der Waals surface area contributed by atoms with Crippen LogP contribution in [0.1, 0.15) is 27.9 Å². The van der Waals surface area contributed by atoms with Gasteiger partial charge in [-0.1, -0.05) is 6.07 Å². The van der Waals surface area contributed by atoms with Crippen molar-refractivity contribution in [3.05, 3.63) is 58.8 Å². The summed E-state index contributed by atoms with van der Waals surface area (Å²) >= 11 is 0. The van der Waals surface area contributed by atoms with E-state index in [4.69, 9.17) is 0 Å². The molecule has 1 N–H and O–H groups in total. The Morgan fingerprint density at radius 1 is 1.04 bits per heavy atom. The third-order valence-electron chi connectivity index (χ3n) is 4.75. The van der Waals surface area contributed by atoms with Crippen molar-refractivity contribution >= 4 is 10.0 Å². The van der Waals surface area contributed by atoms with E-state index in [1.165, 1.54) is 0 Å². The fourth-order valence-corrected chi connectivity index (χ4v) is 4.70. The zero-order valence-corrected chi connectivity index (χ0v) is 16.9. The van der Waals surface area contributed by atoms with Gasteiger partial charge in [-0.15, -0.1) is 0 Å². The molecule has 142 valence electrons. The lowest BCUT2D eigenvalue weighted by Gasteiger charge is -2.16. The van der Waals surface area contributed by atoms with Gasteiger partial charge in [0.05, 0.1) is 29.0 Å². The van der Waals surface area contributed by atoms with Crippen LogP contribution in [0.4, 0.5) is 0 Å². The number of aromatic nitrogens is 4. The molecule has 8 heteroatoms. The summed E-state index contributed by atoms with van der Waals surface area (Å²) < 4.78 is 30.4. The van der Waals surface area contributed by atoms with Gasteiger partial charge in [-0.25, -0.2) is 13.1 Å². The Morgan fingerprint density at radius 3 is 2.26 bits per heavy atom. The zero-order chi connectivity index (χ0) is 19.8. The molecule has 0 aliphatic carbocycles. The third kappa shape index (κ3) is 3.77. The molecule has 2 aromatic heterocycles. The van der Waals surface area contributed by atoms with Crippen LogP contribution in [0, 0.1) is 27.7 Å². The first-order valence-corrected chi connectivity index (χ1v) is 10.0. The van der Waals surface area contributed by atoms with Crippen molar-refractivity contribution < 1.29 is 8.42 Å². The van der Waals surface area contributed by atoms with Crippen LogP contribution in [0.5, 0.6) is 0 Å². The fraction of sp³-hybridized carbons (Fsp3) is 0.316. The summed E-state index contributed by atoms with van der Waals surface area (Å²) in [5, 5.41) is 4.14. The highest BCUT2D eigenvalue weighted by Gasteiger charge is 2.22. The monoisotopic (exact) mass is 385 g/mol. The molecule has 0 bridgehead atoms. The molecule has 27 heavy (non-hydrogen) atoms. The molecule has 0 radical (unpaired) electrons. The quantitative estimate of drug-likeness (QED) is 0.729. The molecule has 0 spiro atoms. The van der Waals surface area contributed by atoms with Gasteiger partial charge in [0, 0.05) is 31.2 Å². The molecule has 0 saturated heterocycles. The highest BCUT2D eigenvalue weighted by atomic mass is 32.2. The molecule has 0 aliphatic rings. The largest absolute Gasteiger partial charge is 0.275 e. The zero-order valence-electron chi connectivity index (χ0n) is 16.1. The van der Waals surface area contributed by atoms with E-state index in [1.54, 1.807) is 23.3 Å². The highest BCUT2D eigenvalue weighted by molar-refractivity contribution is 7.89.